The fraction of sp³-hybridized carbons (Fsp3) is 0.500. The lowest BCUT2D eigenvalue weighted by molar-refractivity contribution is 0.0256. The standard InChI is InChI=1S/C20H25N3O3/c24-20(22-10-5-17(6-11-22)23-12-9-21-15-23)16-1-3-18(4-2-16)26-19-7-13-25-14-8-19/h1-4,9,12,15,17,19H,5-8,10-11,13-14H2. The number of carbonyl (C=O) groups is 1. The second-order valence-electron chi connectivity index (χ2n) is 6.99. The zero-order chi connectivity index (χ0) is 17.8. The Morgan fingerprint density at radius 1 is 1.08 bits per heavy atom. The number of imidazole rings is 1. The molecule has 1 amide bonds. The number of ether oxygens (including phenoxy) is 2. The van der Waals surface area contributed by atoms with Gasteiger partial charge in [0, 0.05) is 49.9 Å². The van der Waals surface area contributed by atoms with Gasteiger partial charge in [0.2, 0.25) is 0 Å². The number of hydrogen-bond acceptors (Lipinski definition) is 4. The normalized spacial score (nSPS) is 19.5. The highest BCUT2D eigenvalue weighted by atomic mass is 16.5. The summed E-state index contributed by atoms with van der Waals surface area (Å²) < 4.78 is 13.5. The van der Waals surface area contributed by atoms with Crippen molar-refractivity contribution in [2.24, 2.45) is 0 Å². The van der Waals surface area contributed by atoms with Crippen molar-refractivity contribution >= 4 is 5.91 Å². The maximum Gasteiger partial charge on any atom is 0.253 e. The summed E-state index contributed by atoms with van der Waals surface area (Å²) in [6, 6.07) is 8.00. The number of nitrogens with zero attached hydrogens (tertiary/aromatic N) is 3. The van der Waals surface area contributed by atoms with Crippen molar-refractivity contribution in [3.63, 3.8) is 0 Å². The Morgan fingerprint density at radius 2 is 1.81 bits per heavy atom. The highest BCUT2D eigenvalue weighted by Crippen LogP contribution is 2.24. The summed E-state index contributed by atoms with van der Waals surface area (Å²) in [5, 5.41) is 0. The van der Waals surface area contributed by atoms with Crippen LogP contribution in [0.3, 0.4) is 0 Å². The molecule has 4 rings (SSSR count). The highest BCUT2D eigenvalue weighted by molar-refractivity contribution is 5.94. The third-order valence-electron chi connectivity index (χ3n) is 5.27. The number of piperidine rings is 1. The molecule has 2 saturated heterocycles. The van der Waals surface area contributed by atoms with Crippen LogP contribution in [0.15, 0.2) is 43.0 Å². The Labute approximate surface area is 153 Å². The molecule has 2 aliphatic heterocycles. The van der Waals surface area contributed by atoms with E-state index < -0.39 is 0 Å². The molecule has 1 aromatic heterocycles. The van der Waals surface area contributed by atoms with E-state index in [0.717, 1.165) is 63.3 Å². The van der Waals surface area contributed by atoms with Gasteiger partial charge in [-0.1, -0.05) is 0 Å². The van der Waals surface area contributed by atoms with E-state index in [1.54, 1.807) is 0 Å². The first-order valence-electron chi connectivity index (χ1n) is 9.41. The van der Waals surface area contributed by atoms with E-state index >= 15 is 0 Å². The summed E-state index contributed by atoms with van der Waals surface area (Å²) in [5.41, 5.74) is 0.727. The number of benzene rings is 1. The largest absolute Gasteiger partial charge is 0.490 e. The lowest BCUT2D eigenvalue weighted by atomic mass is 10.0. The maximum absolute atomic E-state index is 12.7. The second-order valence-corrected chi connectivity index (χ2v) is 6.99. The summed E-state index contributed by atoms with van der Waals surface area (Å²) >= 11 is 0. The van der Waals surface area contributed by atoms with Crippen LogP contribution in [0.2, 0.25) is 0 Å². The number of aromatic nitrogens is 2. The van der Waals surface area contributed by atoms with Gasteiger partial charge >= 0.3 is 0 Å². The van der Waals surface area contributed by atoms with Crippen molar-refractivity contribution in [1.82, 2.24) is 14.5 Å². The van der Waals surface area contributed by atoms with Gasteiger partial charge in [-0.25, -0.2) is 4.98 Å². The van der Waals surface area contributed by atoms with Crippen LogP contribution in [0.25, 0.3) is 0 Å². The SMILES string of the molecule is O=C(c1ccc(OC2CCOCC2)cc1)N1CCC(n2ccnc2)CC1. The molecule has 26 heavy (non-hydrogen) atoms. The molecule has 0 unspecified atom stereocenters. The molecule has 1 aromatic carbocycles. The van der Waals surface area contributed by atoms with Gasteiger partial charge in [-0.3, -0.25) is 4.79 Å². The molecular weight excluding hydrogens is 330 g/mol. The lowest BCUT2D eigenvalue weighted by Crippen LogP contribution is -2.38. The molecular formula is C20H25N3O3. The summed E-state index contributed by atoms with van der Waals surface area (Å²) in [7, 11) is 0. The quantitative estimate of drug-likeness (QED) is 0.846. The van der Waals surface area contributed by atoms with Gasteiger partial charge in [-0.05, 0) is 37.1 Å². The van der Waals surface area contributed by atoms with Crippen LogP contribution < -0.4 is 4.74 Å². The van der Waals surface area contributed by atoms with Crippen LogP contribution in [0.5, 0.6) is 5.75 Å². The predicted molar refractivity (Wildman–Crippen MR) is 97.3 cm³/mol. The third kappa shape index (κ3) is 3.90. The van der Waals surface area contributed by atoms with E-state index in [1.165, 1.54) is 0 Å². The van der Waals surface area contributed by atoms with Crippen molar-refractivity contribution in [3.8, 4) is 5.75 Å². The Kier molecular flexibility index (Phi) is 5.20. The first-order valence-corrected chi connectivity index (χ1v) is 9.41. The minimum absolute atomic E-state index is 0.103. The van der Waals surface area contributed by atoms with E-state index in [0.29, 0.717) is 6.04 Å². The average molecular weight is 355 g/mol. The van der Waals surface area contributed by atoms with Crippen molar-refractivity contribution in [2.45, 2.75) is 37.8 Å². The van der Waals surface area contributed by atoms with Crippen molar-refractivity contribution in [1.29, 1.82) is 0 Å². The first-order chi connectivity index (χ1) is 12.8. The zero-order valence-corrected chi connectivity index (χ0v) is 14.9. The predicted octanol–water partition coefficient (Wildman–Crippen LogP) is 2.92. The zero-order valence-electron chi connectivity index (χ0n) is 14.9. The number of hydrogen-bond donors (Lipinski definition) is 0. The average Bonchev–Trinajstić information content (AvgIpc) is 3.24. The van der Waals surface area contributed by atoms with Crippen LogP contribution in [-0.4, -0.2) is 52.8 Å². The van der Waals surface area contributed by atoms with Crippen LogP contribution in [0.1, 0.15) is 42.1 Å². The summed E-state index contributed by atoms with van der Waals surface area (Å²) in [6.45, 7) is 3.08. The van der Waals surface area contributed by atoms with E-state index in [4.69, 9.17) is 9.47 Å². The van der Waals surface area contributed by atoms with Gasteiger partial charge in [0.25, 0.3) is 5.91 Å². The molecule has 2 fully saturated rings. The molecule has 0 radical (unpaired) electrons. The Balaban J connectivity index is 1.32. The topological polar surface area (TPSA) is 56.6 Å². The molecule has 3 heterocycles. The molecule has 138 valence electrons. The molecule has 6 nitrogen and oxygen atoms in total. The van der Waals surface area contributed by atoms with Gasteiger partial charge in [-0.15, -0.1) is 0 Å². The maximum atomic E-state index is 12.7. The van der Waals surface area contributed by atoms with Crippen molar-refractivity contribution in [2.75, 3.05) is 26.3 Å². The monoisotopic (exact) mass is 355 g/mol. The molecule has 0 saturated carbocycles. The van der Waals surface area contributed by atoms with Crippen LogP contribution in [0, 0.1) is 0 Å². The van der Waals surface area contributed by atoms with E-state index in [1.807, 2.05) is 47.9 Å². The van der Waals surface area contributed by atoms with Gasteiger partial charge < -0.3 is 18.9 Å². The van der Waals surface area contributed by atoms with Gasteiger partial charge in [0.1, 0.15) is 11.9 Å². The van der Waals surface area contributed by atoms with E-state index in [9.17, 15) is 4.79 Å². The third-order valence-corrected chi connectivity index (χ3v) is 5.27. The van der Waals surface area contributed by atoms with E-state index in [-0.39, 0.29) is 12.0 Å². The second kappa shape index (κ2) is 7.91. The van der Waals surface area contributed by atoms with Gasteiger partial charge in [0.05, 0.1) is 19.5 Å². The summed E-state index contributed by atoms with van der Waals surface area (Å²) in [6.07, 6.45) is 9.66. The van der Waals surface area contributed by atoms with Crippen LogP contribution in [0.4, 0.5) is 0 Å². The smallest absolute Gasteiger partial charge is 0.253 e. The number of rotatable bonds is 4. The number of carbonyl (C=O) groups excluding carboxylic acids is 1. The fourth-order valence-corrected chi connectivity index (χ4v) is 3.70. The Hall–Kier alpha value is -2.34. The highest BCUT2D eigenvalue weighted by Gasteiger charge is 2.24. The van der Waals surface area contributed by atoms with E-state index in [2.05, 4.69) is 9.55 Å². The fourth-order valence-electron chi connectivity index (χ4n) is 3.70. The van der Waals surface area contributed by atoms with Crippen LogP contribution >= 0.6 is 0 Å². The molecule has 0 bridgehead atoms. The minimum Gasteiger partial charge on any atom is -0.490 e. The Morgan fingerprint density at radius 3 is 2.46 bits per heavy atom. The molecule has 0 atom stereocenters. The molecule has 2 aliphatic rings. The molecule has 0 N–H and O–H groups in total. The van der Waals surface area contributed by atoms with Gasteiger partial charge in [-0.2, -0.15) is 0 Å². The number of likely N-dealkylation sites (tertiary alicyclic amines) is 1. The minimum atomic E-state index is 0.103. The summed E-state index contributed by atoms with van der Waals surface area (Å²) in [4.78, 5) is 18.8. The molecule has 2 aromatic rings. The van der Waals surface area contributed by atoms with Crippen LogP contribution in [-0.2, 0) is 4.74 Å². The van der Waals surface area contributed by atoms with Gasteiger partial charge in [0.15, 0.2) is 0 Å². The summed E-state index contributed by atoms with van der Waals surface area (Å²) in [5.74, 6) is 0.930. The number of amides is 1. The first kappa shape index (κ1) is 17.1. The van der Waals surface area contributed by atoms with Crippen molar-refractivity contribution < 1.29 is 14.3 Å². The van der Waals surface area contributed by atoms with Crippen molar-refractivity contribution in [3.05, 3.63) is 48.5 Å². The Bertz CT molecular complexity index is 700. The molecule has 6 heteroatoms. The lowest BCUT2D eigenvalue weighted by Gasteiger charge is -2.32. The molecule has 0 aliphatic carbocycles. The molecule has 0 spiro atoms.